The van der Waals surface area contributed by atoms with E-state index in [1.807, 2.05) is 0 Å². The smallest absolute Gasteiger partial charge is 0.0499 e. The van der Waals surface area contributed by atoms with Crippen LogP contribution in [0.25, 0.3) is 0 Å². The number of aryl methyl sites for hydroxylation is 3. The van der Waals surface area contributed by atoms with Gasteiger partial charge < -0.3 is 10.1 Å². The van der Waals surface area contributed by atoms with Crippen molar-refractivity contribution < 1.29 is 4.74 Å². The van der Waals surface area contributed by atoms with Gasteiger partial charge >= 0.3 is 0 Å². The zero-order chi connectivity index (χ0) is 12.8. The average Bonchev–Trinajstić information content (AvgIpc) is 2.22. The SMILES string of the molecule is COCC(C)CNCc1c(C)cc(C)cc1C. The highest BCUT2D eigenvalue weighted by molar-refractivity contribution is 5.37. The predicted molar refractivity (Wildman–Crippen MR) is 73.4 cm³/mol. The topological polar surface area (TPSA) is 21.3 Å². The average molecular weight is 235 g/mol. The van der Waals surface area contributed by atoms with Crippen LogP contribution in [0.3, 0.4) is 0 Å². The van der Waals surface area contributed by atoms with E-state index in [0.717, 1.165) is 19.7 Å². The molecule has 1 atom stereocenters. The molecule has 0 bridgehead atoms. The summed E-state index contributed by atoms with van der Waals surface area (Å²) in [6.45, 7) is 11.5. The van der Waals surface area contributed by atoms with Crippen molar-refractivity contribution in [1.29, 1.82) is 0 Å². The predicted octanol–water partition coefficient (Wildman–Crippen LogP) is 2.98. The molecular weight excluding hydrogens is 210 g/mol. The highest BCUT2D eigenvalue weighted by Crippen LogP contribution is 2.16. The molecule has 0 aliphatic carbocycles. The fraction of sp³-hybridized carbons (Fsp3) is 0.600. The van der Waals surface area contributed by atoms with Crippen molar-refractivity contribution in [2.24, 2.45) is 5.92 Å². The second kappa shape index (κ2) is 6.77. The van der Waals surface area contributed by atoms with Gasteiger partial charge in [0.2, 0.25) is 0 Å². The lowest BCUT2D eigenvalue weighted by atomic mass is 10.00. The summed E-state index contributed by atoms with van der Waals surface area (Å²) in [5, 5.41) is 3.51. The summed E-state index contributed by atoms with van der Waals surface area (Å²) in [7, 11) is 1.75. The molecule has 1 aromatic rings. The van der Waals surface area contributed by atoms with E-state index in [9.17, 15) is 0 Å². The lowest BCUT2D eigenvalue weighted by Crippen LogP contribution is -2.24. The van der Waals surface area contributed by atoms with E-state index in [-0.39, 0.29) is 0 Å². The Hall–Kier alpha value is -0.860. The second-order valence-corrected chi connectivity index (χ2v) is 5.07. The van der Waals surface area contributed by atoms with Gasteiger partial charge in [-0.25, -0.2) is 0 Å². The maximum atomic E-state index is 5.13. The Bertz CT molecular complexity index is 337. The summed E-state index contributed by atoms with van der Waals surface area (Å²) in [4.78, 5) is 0. The first-order valence-corrected chi connectivity index (χ1v) is 6.31. The fourth-order valence-corrected chi connectivity index (χ4v) is 2.28. The minimum absolute atomic E-state index is 0.561. The van der Waals surface area contributed by atoms with Crippen LogP contribution in [-0.2, 0) is 11.3 Å². The van der Waals surface area contributed by atoms with Crippen LogP contribution in [0.15, 0.2) is 12.1 Å². The molecule has 0 heterocycles. The molecule has 0 aliphatic heterocycles. The Balaban J connectivity index is 2.52. The summed E-state index contributed by atoms with van der Waals surface area (Å²) in [5.74, 6) is 0.561. The van der Waals surface area contributed by atoms with Gasteiger partial charge in [0.1, 0.15) is 0 Å². The minimum Gasteiger partial charge on any atom is -0.384 e. The molecule has 0 aliphatic rings. The van der Waals surface area contributed by atoms with E-state index in [0.29, 0.717) is 5.92 Å². The molecule has 0 aromatic heterocycles. The first-order chi connectivity index (χ1) is 8.04. The van der Waals surface area contributed by atoms with E-state index >= 15 is 0 Å². The van der Waals surface area contributed by atoms with Gasteiger partial charge in [-0.1, -0.05) is 24.6 Å². The monoisotopic (exact) mass is 235 g/mol. The molecule has 0 spiro atoms. The number of hydrogen-bond donors (Lipinski definition) is 1. The van der Waals surface area contributed by atoms with Crippen molar-refractivity contribution >= 4 is 0 Å². The Kier molecular flexibility index (Phi) is 5.66. The van der Waals surface area contributed by atoms with Gasteiger partial charge in [-0.15, -0.1) is 0 Å². The number of rotatable bonds is 6. The zero-order valence-corrected chi connectivity index (χ0v) is 11.8. The van der Waals surface area contributed by atoms with Crippen molar-refractivity contribution in [3.8, 4) is 0 Å². The molecule has 0 saturated carbocycles. The van der Waals surface area contributed by atoms with Crippen LogP contribution in [0.2, 0.25) is 0 Å². The summed E-state index contributed by atoms with van der Waals surface area (Å²) in [6.07, 6.45) is 0. The van der Waals surface area contributed by atoms with E-state index in [2.05, 4.69) is 45.1 Å². The summed E-state index contributed by atoms with van der Waals surface area (Å²) in [6, 6.07) is 4.51. The Labute approximate surface area is 105 Å². The maximum Gasteiger partial charge on any atom is 0.0499 e. The fourth-order valence-electron chi connectivity index (χ4n) is 2.28. The Morgan fingerprint density at radius 2 is 1.76 bits per heavy atom. The van der Waals surface area contributed by atoms with Crippen molar-refractivity contribution in [2.45, 2.75) is 34.2 Å². The van der Waals surface area contributed by atoms with Crippen molar-refractivity contribution in [2.75, 3.05) is 20.3 Å². The lowest BCUT2D eigenvalue weighted by Gasteiger charge is -2.15. The largest absolute Gasteiger partial charge is 0.384 e. The molecule has 17 heavy (non-hydrogen) atoms. The van der Waals surface area contributed by atoms with Gasteiger partial charge in [0.25, 0.3) is 0 Å². The molecule has 0 fully saturated rings. The summed E-state index contributed by atoms with van der Waals surface area (Å²) < 4.78 is 5.13. The maximum absolute atomic E-state index is 5.13. The molecule has 1 N–H and O–H groups in total. The van der Waals surface area contributed by atoms with Gasteiger partial charge in [-0.2, -0.15) is 0 Å². The third-order valence-corrected chi connectivity index (χ3v) is 3.09. The zero-order valence-electron chi connectivity index (χ0n) is 11.8. The third kappa shape index (κ3) is 4.49. The van der Waals surface area contributed by atoms with Crippen molar-refractivity contribution in [1.82, 2.24) is 5.32 Å². The number of hydrogen-bond acceptors (Lipinski definition) is 2. The van der Waals surface area contributed by atoms with Gasteiger partial charge in [-0.3, -0.25) is 0 Å². The standard InChI is InChI=1S/C15H25NO/c1-11-6-13(3)15(14(4)7-11)9-16-8-12(2)10-17-5/h6-7,12,16H,8-10H2,1-5H3. The molecule has 1 rings (SSSR count). The normalized spacial score (nSPS) is 12.8. The second-order valence-electron chi connectivity index (χ2n) is 5.07. The van der Waals surface area contributed by atoms with Crippen LogP contribution in [0.4, 0.5) is 0 Å². The third-order valence-electron chi connectivity index (χ3n) is 3.09. The number of methoxy groups -OCH3 is 1. The van der Waals surface area contributed by atoms with Gasteiger partial charge in [0.05, 0.1) is 0 Å². The van der Waals surface area contributed by atoms with Crippen molar-refractivity contribution in [3.63, 3.8) is 0 Å². The minimum atomic E-state index is 0.561. The van der Waals surface area contributed by atoms with Gasteiger partial charge in [-0.05, 0) is 43.4 Å². The van der Waals surface area contributed by atoms with Crippen LogP contribution in [0, 0.1) is 26.7 Å². The molecule has 2 nitrogen and oxygen atoms in total. The molecule has 0 radical (unpaired) electrons. The Morgan fingerprint density at radius 3 is 2.29 bits per heavy atom. The summed E-state index contributed by atoms with van der Waals surface area (Å²) >= 11 is 0. The number of ether oxygens (including phenoxy) is 1. The van der Waals surface area contributed by atoms with Crippen molar-refractivity contribution in [3.05, 3.63) is 34.4 Å². The molecule has 1 unspecified atom stereocenters. The molecule has 0 saturated heterocycles. The van der Waals surface area contributed by atoms with E-state index in [1.165, 1.54) is 22.3 Å². The highest BCUT2D eigenvalue weighted by Gasteiger charge is 2.05. The molecule has 1 aromatic carbocycles. The van der Waals surface area contributed by atoms with Gasteiger partial charge in [0, 0.05) is 26.8 Å². The van der Waals surface area contributed by atoms with Gasteiger partial charge in [0.15, 0.2) is 0 Å². The first-order valence-electron chi connectivity index (χ1n) is 6.31. The Morgan fingerprint density at radius 1 is 1.18 bits per heavy atom. The van der Waals surface area contributed by atoms with Crippen LogP contribution in [0.1, 0.15) is 29.2 Å². The molecule has 2 heteroatoms. The van der Waals surface area contributed by atoms with Crippen LogP contribution in [-0.4, -0.2) is 20.3 Å². The lowest BCUT2D eigenvalue weighted by molar-refractivity contribution is 0.158. The number of nitrogens with one attached hydrogen (secondary N) is 1. The van der Waals surface area contributed by atoms with Crippen LogP contribution < -0.4 is 5.32 Å². The summed E-state index contributed by atoms with van der Waals surface area (Å²) in [5.41, 5.74) is 5.54. The van der Waals surface area contributed by atoms with E-state index in [1.54, 1.807) is 7.11 Å². The van der Waals surface area contributed by atoms with E-state index in [4.69, 9.17) is 4.74 Å². The molecule has 0 amide bonds. The number of benzene rings is 1. The van der Waals surface area contributed by atoms with Crippen LogP contribution >= 0.6 is 0 Å². The molecule has 96 valence electrons. The van der Waals surface area contributed by atoms with Crippen LogP contribution in [0.5, 0.6) is 0 Å². The highest BCUT2D eigenvalue weighted by atomic mass is 16.5. The molecular formula is C15H25NO. The van der Waals surface area contributed by atoms with E-state index < -0.39 is 0 Å². The first kappa shape index (κ1) is 14.2. The quantitative estimate of drug-likeness (QED) is 0.818.